The van der Waals surface area contributed by atoms with Gasteiger partial charge in [0, 0.05) is 30.8 Å². The van der Waals surface area contributed by atoms with Crippen LogP contribution in [0.3, 0.4) is 0 Å². The number of thiol groups is 1. The smallest absolute Gasteiger partial charge is 0.336 e. The third-order valence-electron chi connectivity index (χ3n) is 7.51. The Kier molecular flexibility index (Phi) is 9.47. The van der Waals surface area contributed by atoms with Gasteiger partial charge in [0.05, 0.1) is 29.3 Å². The third kappa shape index (κ3) is 6.75. The van der Waals surface area contributed by atoms with Crippen LogP contribution >= 0.6 is 12.6 Å². The second-order valence-corrected chi connectivity index (χ2v) is 10.9. The predicted molar refractivity (Wildman–Crippen MR) is 173 cm³/mol. The fraction of sp³-hybridized carbons (Fsp3) is 0.229. The standard InChI is InChI=1S/C35H35N3O4S/c1-3-9-33-37-30-19-29(34(39)36-26(22-43)18-23-10-5-4-6-11-23)32(42-2)20-31(30)38(33)21-24-14-16-25(17-15-24)27-12-7-8-13-28(27)35(40)41/h4-8,10-17,19-20,26,43H,3,9,18,21-22H2,1-2H3,(H,36,39)(H,40,41). The number of nitrogens with one attached hydrogen (secondary N) is 1. The van der Waals surface area contributed by atoms with Crippen molar-refractivity contribution in [1.29, 1.82) is 0 Å². The van der Waals surface area contributed by atoms with Gasteiger partial charge in [0.1, 0.15) is 11.6 Å². The van der Waals surface area contributed by atoms with E-state index in [9.17, 15) is 14.7 Å². The van der Waals surface area contributed by atoms with E-state index in [1.807, 2.05) is 78.9 Å². The number of carbonyl (C=O) groups is 2. The van der Waals surface area contributed by atoms with Crippen LogP contribution in [0.4, 0.5) is 0 Å². The van der Waals surface area contributed by atoms with Crippen LogP contribution in [-0.4, -0.2) is 45.4 Å². The number of rotatable bonds is 12. The van der Waals surface area contributed by atoms with Gasteiger partial charge in [0.2, 0.25) is 0 Å². The van der Waals surface area contributed by atoms with Crippen molar-refractivity contribution >= 4 is 35.5 Å². The number of fused-ring (bicyclic) bond motifs is 1. The summed E-state index contributed by atoms with van der Waals surface area (Å²) in [5.41, 5.74) is 6.02. The number of imidazole rings is 1. The number of benzene rings is 4. The molecule has 1 atom stereocenters. The first-order valence-corrected chi connectivity index (χ1v) is 15.0. The lowest BCUT2D eigenvalue weighted by Crippen LogP contribution is -2.38. The van der Waals surface area contributed by atoms with Crippen molar-refractivity contribution in [3.63, 3.8) is 0 Å². The van der Waals surface area contributed by atoms with Gasteiger partial charge in [0.25, 0.3) is 5.91 Å². The Balaban J connectivity index is 1.43. The van der Waals surface area contributed by atoms with Crippen molar-refractivity contribution in [1.82, 2.24) is 14.9 Å². The van der Waals surface area contributed by atoms with Crippen molar-refractivity contribution < 1.29 is 19.4 Å². The molecule has 4 aromatic carbocycles. The molecule has 43 heavy (non-hydrogen) atoms. The topological polar surface area (TPSA) is 93.5 Å². The molecule has 0 saturated carbocycles. The van der Waals surface area contributed by atoms with Crippen LogP contribution < -0.4 is 10.1 Å². The maximum atomic E-state index is 13.5. The second kappa shape index (κ2) is 13.6. The van der Waals surface area contributed by atoms with Crippen LogP contribution in [0, 0.1) is 0 Å². The molecule has 1 aromatic heterocycles. The second-order valence-electron chi connectivity index (χ2n) is 10.5. The minimum Gasteiger partial charge on any atom is -0.496 e. The lowest BCUT2D eigenvalue weighted by Gasteiger charge is -2.18. The number of aromatic nitrogens is 2. The number of carboxylic acid groups (broad SMARTS) is 1. The summed E-state index contributed by atoms with van der Waals surface area (Å²) in [6, 6.07) is 28.5. The van der Waals surface area contributed by atoms with Crippen LogP contribution in [0.2, 0.25) is 0 Å². The Morgan fingerprint density at radius 3 is 2.35 bits per heavy atom. The highest BCUT2D eigenvalue weighted by Gasteiger charge is 2.21. The maximum absolute atomic E-state index is 13.5. The zero-order valence-corrected chi connectivity index (χ0v) is 25.2. The molecule has 0 spiro atoms. The molecular formula is C35H35N3O4S. The van der Waals surface area contributed by atoms with Crippen molar-refractivity contribution in [3.8, 4) is 16.9 Å². The summed E-state index contributed by atoms with van der Waals surface area (Å²) in [4.78, 5) is 30.1. The quantitative estimate of drug-likeness (QED) is 0.140. The lowest BCUT2D eigenvalue weighted by atomic mass is 9.99. The molecule has 8 heteroatoms. The molecule has 0 saturated heterocycles. The fourth-order valence-corrected chi connectivity index (χ4v) is 5.58. The molecule has 220 valence electrons. The van der Waals surface area contributed by atoms with Crippen LogP contribution in [0.1, 0.15) is 51.0 Å². The molecule has 0 aliphatic rings. The van der Waals surface area contributed by atoms with Gasteiger partial charge < -0.3 is 19.7 Å². The summed E-state index contributed by atoms with van der Waals surface area (Å²) < 4.78 is 7.87. The monoisotopic (exact) mass is 593 g/mol. The number of hydrogen-bond donors (Lipinski definition) is 3. The number of aryl methyl sites for hydroxylation is 1. The molecule has 1 heterocycles. The number of carboxylic acids is 1. The summed E-state index contributed by atoms with van der Waals surface area (Å²) in [6.07, 6.45) is 2.37. The molecule has 0 radical (unpaired) electrons. The Labute approximate surface area is 257 Å². The summed E-state index contributed by atoms with van der Waals surface area (Å²) in [7, 11) is 1.57. The van der Waals surface area contributed by atoms with E-state index < -0.39 is 5.97 Å². The van der Waals surface area contributed by atoms with E-state index in [2.05, 4.69) is 29.4 Å². The van der Waals surface area contributed by atoms with Crippen molar-refractivity contribution in [2.45, 2.75) is 38.8 Å². The molecule has 0 bridgehead atoms. The highest BCUT2D eigenvalue weighted by molar-refractivity contribution is 7.80. The molecular weight excluding hydrogens is 558 g/mol. The first-order chi connectivity index (χ1) is 20.9. The van der Waals surface area contributed by atoms with Crippen molar-refractivity contribution in [2.24, 2.45) is 0 Å². The van der Waals surface area contributed by atoms with Gasteiger partial charge in [-0.2, -0.15) is 12.6 Å². The molecule has 5 aromatic rings. The number of carbonyl (C=O) groups excluding carboxylic acids is 1. The summed E-state index contributed by atoms with van der Waals surface area (Å²) in [5, 5.41) is 12.7. The normalized spacial score (nSPS) is 11.8. The Morgan fingerprint density at radius 1 is 0.953 bits per heavy atom. The molecule has 1 unspecified atom stereocenters. The predicted octanol–water partition coefficient (Wildman–Crippen LogP) is 6.68. The largest absolute Gasteiger partial charge is 0.496 e. The molecule has 5 rings (SSSR count). The third-order valence-corrected chi connectivity index (χ3v) is 7.95. The van der Waals surface area contributed by atoms with Crippen molar-refractivity contribution in [2.75, 3.05) is 12.9 Å². The van der Waals surface area contributed by atoms with Crippen LogP contribution in [0.25, 0.3) is 22.2 Å². The molecule has 0 aliphatic carbocycles. The molecule has 2 N–H and O–H groups in total. The first-order valence-electron chi connectivity index (χ1n) is 14.4. The number of hydrogen-bond acceptors (Lipinski definition) is 5. The summed E-state index contributed by atoms with van der Waals surface area (Å²) in [6.45, 7) is 2.68. The van der Waals surface area contributed by atoms with E-state index in [-0.39, 0.29) is 17.5 Å². The van der Waals surface area contributed by atoms with Gasteiger partial charge in [-0.25, -0.2) is 9.78 Å². The number of ether oxygens (including phenoxy) is 1. The Morgan fingerprint density at radius 2 is 1.67 bits per heavy atom. The number of methoxy groups -OCH3 is 1. The van der Waals surface area contributed by atoms with Gasteiger partial charge >= 0.3 is 5.97 Å². The number of nitrogens with zero attached hydrogens (tertiary/aromatic N) is 2. The lowest BCUT2D eigenvalue weighted by molar-refractivity contribution is 0.0697. The molecule has 7 nitrogen and oxygen atoms in total. The van der Waals surface area contributed by atoms with E-state index in [1.54, 1.807) is 19.2 Å². The highest BCUT2D eigenvalue weighted by Crippen LogP contribution is 2.29. The van der Waals surface area contributed by atoms with E-state index >= 15 is 0 Å². The minimum absolute atomic E-state index is 0.141. The number of amides is 1. The van der Waals surface area contributed by atoms with Crippen molar-refractivity contribution in [3.05, 3.63) is 119 Å². The zero-order valence-electron chi connectivity index (χ0n) is 24.3. The average molecular weight is 594 g/mol. The van der Waals surface area contributed by atoms with Crippen LogP contribution in [0.5, 0.6) is 5.75 Å². The van der Waals surface area contributed by atoms with E-state index in [1.165, 1.54) is 0 Å². The zero-order chi connectivity index (χ0) is 30.3. The van der Waals surface area contributed by atoms with Gasteiger partial charge in [-0.1, -0.05) is 79.7 Å². The number of aromatic carboxylic acids is 1. The molecule has 0 aliphatic heterocycles. The maximum Gasteiger partial charge on any atom is 0.336 e. The van der Waals surface area contributed by atoms with Gasteiger partial charge in [-0.05, 0) is 47.2 Å². The SMILES string of the molecule is CCCc1nc2cc(C(=O)NC(CS)Cc3ccccc3)c(OC)cc2n1Cc1ccc(-c2ccccc2C(=O)O)cc1. The van der Waals surface area contributed by atoms with Crippen LogP contribution in [0.15, 0.2) is 91.0 Å². The van der Waals surface area contributed by atoms with E-state index in [4.69, 9.17) is 9.72 Å². The fourth-order valence-electron chi connectivity index (χ4n) is 5.36. The Hall–Kier alpha value is -4.56. The summed E-state index contributed by atoms with van der Waals surface area (Å²) >= 11 is 4.48. The summed E-state index contributed by atoms with van der Waals surface area (Å²) in [5.74, 6) is 0.731. The van der Waals surface area contributed by atoms with E-state index in [0.717, 1.165) is 46.4 Å². The molecule has 1 amide bonds. The van der Waals surface area contributed by atoms with Crippen LogP contribution in [-0.2, 0) is 19.4 Å². The van der Waals surface area contributed by atoms with Gasteiger partial charge in [-0.15, -0.1) is 0 Å². The average Bonchev–Trinajstić information content (AvgIpc) is 3.36. The van der Waals surface area contributed by atoms with E-state index in [0.29, 0.717) is 35.6 Å². The highest BCUT2D eigenvalue weighted by atomic mass is 32.1. The van der Waals surface area contributed by atoms with Gasteiger partial charge in [0.15, 0.2) is 0 Å². The molecule has 0 fully saturated rings. The Bertz CT molecular complexity index is 1730. The minimum atomic E-state index is -0.951. The van der Waals surface area contributed by atoms with Gasteiger partial charge in [-0.3, -0.25) is 4.79 Å². The first kappa shape index (κ1) is 29.9.